The van der Waals surface area contributed by atoms with Crippen LogP contribution in [-0.4, -0.2) is 33.0 Å². The lowest BCUT2D eigenvalue weighted by molar-refractivity contribution is -0.127. The van der Waals surface area contributed by atoms with Crippen LogP contribution in [0.3, 0.4) is 0 Å². The van der Waals surface area contributed by atoms with Crippen molar-refractivity contribution in [3.05, 3.63) is 0 Å². The largest absolute Gasteiger partial charge is 0.354 e. The number of hydrogen-bond acceptors (Lipinski definition) is 3. The van der Waals surface area contributed by atoms with Crippen LogP contribution in [0.4, 0.5) is 0 Å². The van der Waals surface area contributed by atoms with Crippen LogP contribution in [-0.2, 0) is 14.3 Å². The number of carbonyl (C=O) groups is 1. The van der Waals surface area contributed by atoms with Crippen molar-refractivity contribution in [2.45, 2.75) is 44.8 Å². The Balaban J connectivity index is 2.05. The molecule has 0 aromatic rings. The first-order valence-electron chi connectivity index (χ1n) is 6.08. The van der Waals surface area contributed by atoms with E-state index in [1.807, 2.05) is 0 Å². The van der Waals surface area contributed by atoms with Gasteiger partial charge in [-0.15, -0.1) is 0 Å². The normalized spacial score (nSPS) is 16.9. The van der Waals surface area contributed by atoms with Crippen molar-refractivity contribution in [1.29, 1.82) is 0 Å². The molecule has 0 spiro atoms. The van der Waals surface area contributed by atoms with Gasteiger partial charge in [0.2, 0.25) is 5.91 Å². The van der Waals surface area contributed by atoms with Crippen LogP contribution in [0.2, 0.25) is 0 Å². The van der Waals surface area contributed by atoms with E-state index in [0.29, 0.717) is 13.0 Å². The Morgan fingerprint density at radius 3 is 2.50 bits per heavy atom. The zero-order chi connectivity index (χ0) is 11.8. The van der Waals surface area contributed by atoms with Gasteiger partial charge in [0.05, 0.1) is 6.54 Å². The Kier molecular flexibility index (Phi) is 6.42. The van der Waals surface area contributed by atoms with Gasteiger partial charge in [-0.3, -0.25) is 4.79 Å². The third-order valence-electron chi connectivity index (χ3n) is 3.25. The molecule has 1 amide bonds. The zero-order valence-electron chi connectivity index (χ0n) is 10.3. The molecule has 4 nitrogen and oxygen atoms in total. The van der Waals surface area contributed by atoms with Gasteiger partial charge in [-0.25, -0.2) is 0 Å². The standard InChI is InChI=1S/C12H23NO3/c1-15-12(16-2)9-13-11(14)8-7-10-5-3-4-6-10/h10,12H,3-9H2,1-2H3,(H,13,14). The summed E-state index contributed by atoms with van der Waals surface area (Å²) in [6.45, 7) is 0.427. The second kappa shape index (κ2) is 7.63. The maximum atomic E-state index is 11.5. The predicted octanol–water partition coefficient (Wildman–Crippen LogP) is 1.69. The smallest absolute Gasteiger partial charge is 0.220 e. The summed E-state index contributed by atoms with van der Waals surface area (Å²) in [5.41, 5.74) is 0. The lowest BCUT2D eigenvalue weighted by Crippen LogP contribution is -2.34. The van der Waals surface area contributed by atoms with E-state index >= 15 is 0 Å². The van der Waals surface area contributed by atoms with Crippen molar-refractivity contribution in [1.82, 2.24) is 5.32 Å². The van der Waals surface area contributed by atoms with E-state index < -0.39 is 0 Å². The number of rotatable bonds is 7. The van der Waals surface area contributed by atoms with Crippen LogP contribution in [0.25, 0.3) is 0 Å². The van der Waals surface area contributed by atoms with E-state index in [9.17, 15) is 4.79 Å². The van der Waals surface area contributed by atoms with E-state index in [-0.39, 0.29) is 12.2 Å². The monoisotopic (exact) mass is 229 g/mol. The molecule has 0 bridgehead atoms. The quantitative estimate of drug-likeness (QED) is 0.676. The minimum Gasteiger partial charge on any atom is -0.354 e. The first kappa shape index (κ1) is 13.5. The minimum absolute atomic E-state index is 0.103. The fraction of sp³-hybridized carbons (Fsp3) is 0.917. The predicted molar refractivity (Wildman–Crippen MR) is 62.0 cm³/mol. The molecule has 0 radical (unpaired) electrons. The summed E-state index contributed by atoms with van der Waals surface area (Å²) >= 11 is 0. The zero-order valence-corrected chi connectivity index (χ0v) is 10.3. The molecule has 1 aliphatic carbocycles. The van der Waals surface area contributed by atoms with Crippen LogP contribution in [0.5, 0.6) is 0 Å². The van der Waals surface area contributed by atoms with Crippen molar-refractivity contribution in [2.24, 2.45) is 5.92 Å². The number of amides is 1. The molecule has 0 heterocycles. The van der Waals surface area contributed by atoms with E-state index in [1.54, 1.807) is 14.2 Å². The maximum Gasteiger partial charge on any atom is 0.220 e. The molecule has 0 unspecified atom stereocenters. The first-order valence-corrected chi connectivity index (χ1v) is 6.08. The fourth-order valence-electron chi connectivity index (χ4n) is 2.18. The molecule has 1 aliphatic rings. The summed E-state index contributed by atoms with van der Waals surface area (Å²) < 4.78 is 9.98. The van der Waals surface area contributed by atoms with Gasteiger partial charge in [-0.05, 0) is 12.3 Å². The van der Waals surface area contributed by atoms with Crippen molar-refractivity contribution in [2.75, 3.05) is 20.8 Å². The highest BCUT2D eigenvalue weighted by molar-refractivity contribution is 5.75. The van der Waals surface area contributed by atoms with Gasteiger partial charge in [0.1, 0.15) is 0 Å². The van der Waals surface area contributed by atoms with E-state index in [1.165, 1.54) is 25.7 Å². The van der Waals surface area contributed by atoms with Crippen LogP contribution in [0, 0.1) is 5.92 Å². The third-order valence-corrected chi connectivity index (χ3v) is 3.25. The van der Waals surface area contributed by atoms with Crippen molar-refractivity contribution in [3.63, 3.8) is 0 Å². The Labute approximate surface area is 97.7 Å². The van der Waals surface area contributed by atoms with Crippen LogP contribution >= 0.6 is 0 Å². The lowest BCUT2D eigenvalue weighted by Gasteiger charge is -2.14. The fourth-order valence-corrected chi connectivity index (χ4v) is 2.18. The number of methoxy groups -OCH3 is 2. The van der Waals surface area contributed by atoms with Gasteiger partial charge in [-0.1, -0.05) is 25.7 Å². The summed E-state index contributed by atoms with van der Waals surface area (Å²) in [6.07, 6.45) is 6.58. The number of carbonyl (C=O) groups excluding carboxylic acids is 1. The summed E-state index contributed by atoms with van der Waals surface area (Å²) in [5.74, 6) is 0.873. The molecule has 0 aliphatic heterocycles. The first-order chi connectivity index (χ1) is 7.76. The second-order valence-electron chi connectivity index (χ2n) is 4.39. The lowest BCUT2D eigenvalue weighted by atomic mass is 10.0. The average Bonchev–Trinajstić information content (AvgIpc) is 2.80. The van der Waals surface area contributed by atoms with Crippen molar-refractivity contribution >= 4 is 5.91 Å². The summed E-state index contributed by atoms with van der Waals surface area (Å²) in [4.78, 5) is 11.5. The topological polar surface area (TPSA) is 47.6 Å². The number of ether oxygens (including phenoxy) is 2. The maximum absolute atomic E-state index is 11.5. The molecule has 0 atom stereocenters. The Hall–Kier alpha value is -0.610. The number of hydrogen-bond donors (Lipinski definition) is 1. The molecule has 4 heteroatoms. The highest BCUT2D eigenvalue weighted by Crippen LogP contribution is 2.28. The van der Waals surface area contributed by atoms with Gasteiger partial charge in [-0.2, -0.15) is 0 Å². The molecule has 1 fully saturated rings. The minimum atomic E-state index is -0.338. The molecular formula is C12H23NO3. The van der Waals surface area contributed by atoms with Gasteiger partial charge in [0.25, 0.3) is 0 Å². The highest BCUT2D eigenvalue weighted by Gasteiger charge is 2.16. The Bertz CT molecular complexity index is 190. The molecule has 16 heavy (non-hydrogen) atoms. The average molecular weight is 229 g/mol. The SMILES string of the molecule is COC(CNC(=O)CCC1CCCC1)OC. The summed E-state index contributed by atoms with van der Waals surface area (Å²) in [7, 11) is 3.14. The van der Waals surface area contributed by atoms with Gasteiger partial charge < -0.3 is 14.8 Å². The molecule has 94 valence electrons. The summed E-state index contributed by atoms with van der Waals surface area (Å²) in [6, 6.07) is 0. The Morgan fingerprint density at radius 2 is 1.94 bits per heavy atom. The second-order valence-corrected chi connectivity index (χ2v) is 4.39. The molecule has 0 saturated heterocycles. The molecule has 0 aromatic heterocycles. The summed E-state index contributed by atoms with van der Waals surface area (Å²) in [5, 5.41) is 2.82. The van der Waals surface area contributed by atoms with Crippen LogP contribution in [0.1, 0.15) is 38.5 Å². The van der Waals surface area contributed by atoms with E-state index in [0.717, 1.165) is 12.3 Å². The van der Waals surface area contributed by atoms with Gasteiger partial charge in [0.15, 0.2) is 6.29 Å². The molecule has 0 aromatic carbocycles. The molecule has 1 N–H and O–H groups in total. The van der Waals surface area contributed by atoms with Gasteiger partial charge >= 0.3 is 0 Å². The van der Waals surface area contributed by atoms with Crippen LogP contribution in [0.15, 0.2) is 0 Å². The Morgan fingerprint density at radius 1 is 1.31 bits per heavy atom. The molecule has 1 saturated carbocycles. The highest BCUT2D eigenvalue weighted by atomic mass is 16.7. The van der Waals surface area contributed by atoms with E-state index in [4.69, 9.17) is 9.47 Å². The molecular weight excluding hydrogens is 206 g/mol. The number of nitrogens with one attached hydrogen (secondary N) is 1. The third kappa shape index (κ3) is 4.94. The molecule has 1 rings (SSSR count). The van der Waals surface area contributed by atoms with E-state index in [2.05, 4.69) is 5.32 Å². The van der Waals surface area contributed by atoms with Gasteiger partial charge in [0, 0.05) is 20.6 Å². The van der Waals surface area contributed by atoms with Crippen molar-refractivity contribution < 1.29 is 14.3 Å². The van der Waals surface area contributed by atoms with Crippen molar-refractivity contribution in [3.8, 4) is 0 Å². The van der Waals surface area contributed by atoms with Crippen LogP contribution < -0.4 is 5.32 Å².